The van der Waals surface area contributed by atoms with Crippen molar-refractivity contribution in [1.82, 2.24) is 0 Å². The van der Waals surface area contributed by atoms with E-state index in [-0.39, 0.29) is 0 Å². The van der Waals surface area contributed by atoms with Gasteiger partial charge in [-0.05, 0) is 47.7 Å². The average molecular weight is 471 g/mol. The van der Waals surface area contributed by atoms with Crippen LogP contribution in [0.3, 0.4) is 0 Å². The second-order valence-corrected chi connectivity index (χ2v) is 9.50. The maximum Gasteiger partial charge on any atom is 0.346 e. The maximum absolute atomic E-state index is 13.7. The van der Waals surface area contributed by atoms with Gasteiger partial charge in [0.1, 0.15) is 11.5 Å². The van der Waals surface area contributed by atoms with E-state index in [1.807, 2.05) is 36.4 Å². The van der Waals surface area contributed by atoms with Crippen LogP contribution in [-0.4, -0.2) is 18.7 Å². The van der Waals surface area contributed by atoms with Crippen LogP contribution in [0.4, 0.5) is 4.39 Å². The Hall–Kier alpha value is -2.36. The molecule has 188 valence electrons. The number of hydrogen-bond acceptors (Lipinski definition) is 3. The van der Waals surface area contributed by atoms with Crippen LogP contribution in [0.15, 0.2) is 48.5 Å². The molecule has 0 saturated carbocycles. The molecule has 0 spiro atoms. The smallest absolute Gasteiger partial charge is 0.346 e. The van der Waals surface area contributed by atoms with E-state index in [4.69, 9.17) is 9.47 Å². The first-order valence-electron chi connectivity index (χ1n) is 13.2. The van der Waals surface area contributed by atoms with Crippen LogP contribution < -0.4 is 9.47 Å². The van der Waals surface area contributed by atoms with Crippen molar-refractivity contribution >= 4 is 5.97 Å². The number of unbranched alkanes of at least 4 members (excludes halogenated alkanes) is 10. The first-order valence-corrected chi connectivity index (χ1v) is 13.2. The largest absolute Gasteiger partial charge is 0.494 e. The zero-order chi connectivity index (χ0) is 24.6. The van der Waals surface area contributed by atoms with Gasteiger partial charge in [0.05, 0.1) is 6.61 Å². The lowest BCUT2D eigenvalue weighted by molar-refractivity contribution is -0.141. The first-order chi connectivity index (χ1) is 16.5. The maximum atomic E-state index is 13.7. The molecule has 3 nitrogen and oxygen atoms in total. The minimum atomic E-state index is -1.61. The van der Waals surface area contributed by atoms with Gasteiger partial charge in [-0.15, -0.1) is 0 Å². The van der Waals surface area contributed by atoms with Crippen LogP contribution in [-0.2, 0) is 4.79 Å². The predicted molar refractivity (Wildman–Crippen MR) is 139 cm³/mol. The normalized spacial score (nSPS) is 12.0. The van der Waals surface area contributed by atoms with Crippen molar-refractivity contribution in [3.05, 3.63) is 48.5 Å². The number of hydrogen-bond donors (Lipinski definition) is 0. The molecule has 0 aromatic heterocycles. The summed E-state index contributed by atoms with van der Waals surface area (Å²) in [5, 5.41) is 0. The van der Waals surface area contributed by atoms with Gasteiger partial charge in [0.25, 0.3) is 0 Å². The quantitative estimate of drug-likeness (QED) is 0.131. The van der Waals surface area contributed by atoms with Gasteiger partial charge in [0.15, 0.2) is 6.17 Å². The van der Waals surface area contributed by atoms with E-state index in [1.54, 1.807) is 26.0 Å². The molecule has 0 aliphatic carbocycles. The van der Waals surface area contributed by atoms with E-state index in [2.05, 4.69) is 6.92 Å². The highest BCUT2D eigenvalue weighted by molar-refractivity contribution is 5.77. The number of alkyl halides is 1. The molecule has 2 rings (SSSR count). The second kappa shape index (κ2) is 16.3. The number of rotatable bonds is 17. The minimum absolute atomic E-state index is 0.351. The molecule has 2 aromatic rings. The standard InChI is InChI=1S/C30H43FO3/c1-4-5-6-7-8-9-10-11-12-13-14-23-33-27-19-15-25(16-20-27)26-17-21-28(22-18-26)34-30(32)29(31)24(2)3/h15-22,24,29H,4-14,23H2,1-3H3. The number of carbonyl (C=O) groups excluding carboxylic acids is 1. The average Bonchev–Trinajstić information content (AvgIpc) is 2.85. The van der Waals surface area contributed by atoms with Gasteiger partial charge in [-0.25, -0.2) is 9.18 Å². The third-order valence-electron chi connectivity index (χ3n) is 6.09. The summed E-state index contributed by atoms with van der Waals surface area (Å²) in [4.78, 5) is 11.8. The van der Waals surface area contributed by atoms with Gasteiger partial charge in [-0.3, -0.25) is 0 Å². The summed E-state index contributed by atoms with van der Waals surface area (Å²) in [7, 11) is 0. The summed E-state index contributed by atoms with van der Waals surface area (Å²) < 4.78 is 24.8. The number of benzene rings is 2. The Kier molecular flexibility index (Phi) is 13.4. The second-order valence-electron chi connectivity index (χ2n) is 9.50. The Morgan fingerprint density at radius 1 is 0.706 bits per heavy atom. The van der Waals surface area contributed by atoms with Gasteiger partial charge >= 0.3 is 5.97 Å². The zero-order valence-electron chi connectivity index (χ0n) is 21.4. The van der Waals surface area contributed by atoms with Crippen LogP contribution in [0.25, 0.3) is 11.1 Å². The fourth-order valence-corrected chi connectivity index (χ4v) is 3.86. The molecule has 34 heavy (non-hydrogen) atoms. The zero-order valence-corrected chi connectivity index (χ0v) is 21.4. The Morgan fingerprint density at radius 2 is 1.15 bits per heavy atom. The molecule has 0 aliphatic heterocycles. The molecule has 0 bridgehead atoms. The third kappa shape index (κ3) is 10.7. The molecule has 0 N–H and O–H groups in total. The molecule has 0 amide bonds. The van der Waals surface area contributed by atoms with Crippen molar-refractivity contribution in [3.8, 4) is 22.6 Å². The summed E-state index contributed by atoms with van der Waals surface area (Å²) in [6, 6.07) is 15.1. The molecule has 0 fully saturated rings. The number of ether oxygens (including phenoxy) is 2. The molecule has 1 unspecified atom stereocenters. The van der Waals surface area contributed by atoms with Crippen molar-refractivity contribution in [2.24, 2.45) is 5.92 Å². The van der Waals surface area contributed by atoms with Gasteiger partial charge in [0, 0.05) is 0 Å². The van der Waals surface area contributed by atoms with Crippen molar-refractivity contribution in [2.75, 3.05) is 6.61 Å². The van der Waals surface area contributed by atoms with E-state index in [9.17, 15) is 9.18 Å². The van der Waals surface area contributed by atoms with Crippen LogP contribution in [0.1, 0.15) is 91.4 Å². The predicted octanol–water partition coefficient (Wildman–Crippen LogP) is 8.94. The number of carbonyl (C=O) groups is 1. The summed E-state index contributed by atoms with van der Waals surface area (Å²) in [5.41, 5.74) is 2.04. The molecular formula is C30H43FO3. The highest BCUT2D eigenvalue weighted by Gasteiger charge is 2.23. The first kappa shape index (κ1) is 27.9. The van der Waals surface area contributed by atoms with Gasteiger partial charge in [-0.2, -0.15) is 0 Å². The van der Waals surface area contributed by atoms with Crippen molar-refractivity contribution in [3.63, 3.8) is 0 Å². The number of halogens is 1. The van der Waals surface area contributed by atoms with E-state index < -0.39 is 18.1 Å². The Labute approximate surface area is 206 Å². The molecule has 1 atom stereocenters. The molecule has 4 heteroatoms. The van der Waals surface area contributed by atoms with Crippen molar-refractivity contribution in [1.29, 1.82) is 0 Å². The molecule has 0 aliphatic rings. The van der Waals surface area contributed by atoms with Crippen LogP contribution in [0.5, 0.6) is 11.5 Å². The van der Waals surface area contributed by atoms with Gasteiger partial charge in [0.2, 0.25) is 0 Å². The van der Waals surface area contributed by atoms with Crippen molar-refractivity contribution < 1.29 is 18.7 Å². The molecule has 0 heterocycles. The van der Waals surface area contributed by atoms with E-state index in [0.29, 0.717) is 5.75 Å². The minimum Gasteiger partial charge on any atom is -0.494 e. The topological polar surface area (TPSA) is 35.5 Å². The lowest BCUT2D eigenvalue weighted by atomic mass is 10.1. The van der Waals surface area contributed by atoms with Crippen LogP contribution >= 0.6 is 0 Å². The SMILES string of the molecule is CCCCCCCCCCCCCOc1ccc(-c2ccc(OC(=O)C(F)C(C)C)cc2)cc1. The Balaban J connectivity index is 1.62. The van der Waals surface area contributed by atoms with E-state index in [1.165, 1.54) is 64.2 Å². The van der Waals surface area contributed by atoms with Crippen LogP contribution in [0, 0.1) is 5.92 Å². The third-order valence-corrected chi connectivity index (χ3v) is 6.09. The van der Waals surface area contributed by atoms with Gasteiger partial charge in [-0.1, -0.05) is 109 Å². The Morgan fingerprint density at radius 3 is 1.62 bits per heavy atom. The summed E-state index contributed by atoms with van der Waals surface area (Å²) in [6.07, 6.45) is 13.0. The molecule has 0 saturated heterocycles. The summed E-state index contributed by atoms with van der Waals surface area (Å²) in [6.45, 7) is 6.32. The lowest BCUT2D eigenvalue weighted by Crippen LogP contribution is -2.26. The molecule has 0 radical (unpaired) electrons. The fraction of sp³-hybridized carbons (Fsp3) is 0.567. The van der Waals surface area contributed by atoms with E-state index >= 15 is 0 Å². The lowest BCUT2D eigenvalue weighted by Gasteiger charge is -2.11. The van der Waals surface area contributed by atoms with Gasteiger partial charge < -0.3 is 9.47 Å². The monoisotopic (exact) mass is 470 g/mol. The highest BCUT2D eigenvalue weighted by atomic mass is 19.1. The molecular weight excluding hydrogens is 427 g/mol. The highest BCUT2D eigenvalue weighted by Crippen LogP contribution is 2.25. The van der Waals surface area contributed by atoms with E-state index in [0.717, 1.165) is 29.9 Å². The fourth-order valence-electron chi connectivity index (χ4n) is 3.86. The van der Waals surface area contributed by atoms with Crippen LogP contribution in [0.2, 0.25) is 0 Å². The summed E-state index contributed by atoms with van der Waals surface area (Å²) in [5.74, 6) is -0.0162. The van der Waals surface area contributed by atoms with Crippen molar-refractivity contribution in [2.45, 2.75) is 97.6 Å². The summed E-state index contributed by atoms with van der Waals surface area (Å²) >= 11 is 0. The number of esters is 1. The molecule has 2 aromatic carbocycles. The Bertz CT molecular complexity index is 799.